The summed E-state index contributed by atoms with van der Waals surface area (Å²) in [5.41, 5.74) is 4.75. The van der Waals surface area contributed by atoms with E-state index in [1.165, 1.54) is 27.5 Å². The molecule has 0 fully saturated rings. The second kappa shape index (κ2) is 6.15. The molecule has 1 N–H and O–H groups in total. The zero-order valence-electron chi connectivity index (χ0n) is 14.3. The van der Waals surface area contributed by atoms with E-state index >= 15 is 0 Å². The molecule has 2 heterocycles. The van der Waals surface area contributed by atoms with Gasteiger partial charge in [0.25, 0.3) is 0 Å². The Kier molecular flexibility index (Phi) is 3.53. The molecule has 0 aliphatic carbocycles. The SMILES string of the molecule is c1cc2c3c(cccc3c1)C(NCc1ccc(Cn3ccnc3)cc1)=N2. The smallest absolute Gasteiger partial charge is 0.134 e. The first-order valence-electron chi connectivity index (χ1n) is 8.75. The molecular weight excluding hydrogens is 320 g/mol. The Bertz CT molecular complexity index is 1090. The highest BCUT2D eigenvalue weighted by molar-refractivity contribution is 6.18. The standard InChI is InChI=1S/C22H18N4/c1-3-18-4-2-6-20-21(18)19(5-1)22(25-20)24-13-16-7-9-17(10-8-16)14-26-12-11-23-15-26/h1-12,15H,13-14H2,(H,24,25). The topological polar surface area (TPSA) is 42.2 Å². The van der Waals surface area contributed by atoms with E-state index in [4.69, 9.17) is 4.99 Å². The quantitative estimate of drug-likeness (QED) is 0.604. The number of amidine groups is 1. The van der Waals surface area contributed by atoms with Gasteiger partial charge in [0.1, 0.15) is 5.84 Å². The van der Waals surface area contributed by atoms with Gasteiger partial charge in [-0.25, -0.2) is 9.98 Å². The lowest BCUT2D eigenvalue weighted by Gasteiger charge is -2.09. The van der Waals surface area contributed by atoms with Gasteiger partial charge < -0.3 is 9.88 Å². The van der Waals surface area contributed by atoms with Crippen molar-refractivity contribution in [2.75, 3.05) is 0 Å². The number of imidazole rings is 1. The molecule has 4 nitrogen and oxygen atoms in total. The second-order valence-corrected chi connectivity index (χ2v) is 6.55. The van der Waals surface area contributed by atoms with E-state index in [0.29, 0.717) is 0 Å². The second-order valence-electron chi connectivity index (χ2n) is 6.55. The first-order valence-corrected chi connectivity index (χ1v) is 8.75. The molecule has 4 heteroatoms. The van der Waals surface area contributed by atoms with Crippen LogP contribution in [-0.4, -0.2) is 15.4 Å². The largest absolute Gasteiger partial charge is 0.365 e. The van der Waals surface area contributed by atoms with Crippen molar-refractivity contribution in [1.29, 1.82) is 0 Å². The third-order valence-corrected chi connectivity index (χ3v) is 4.78. The summed E-state index contributed by atoms with van der Waals surface area (Å²) in [5, 5.41) is 5.99. The van der Waals surface area contributed by atoms with E-state index in [9.17, 15) is 0 Å². The first-order chi connectivity index (χ1) is 12.9. The molecule has 5 rings (SSSR count). The highest BCUT2D eigenvalue weighted by Gasteiger charge is 2.17. The fraction of sp³-hybridized carbons (Fsp3) is 0.0909. The van der Waals surface area contributed by atoms with Crippen LogP contribution in [0.3, 0.4) is 0 Å². The van der Waals surface area contributed by atoms with E-state index in [1.54, 1.807) is 6.20 Å². The molecule has 0 spiro atoms. The number of nitrogens with zero attached hydrogens (tertiary/aromatic N) is 3. The van der Waals surface area contributed by atoms with Gasteiger partial charge in [0, 0.05) is 36.4 Å². The zero-order valence-corrected chi connectivity index (χ0v) is 14.3. The molecule has 0 amide bonds. The van der Waals surface area contributed by atoms with Gasteiger partial charge in [-0.1, -0.05) is 54.6 Å². The van der Waals surface area contributed by atoms with Gasteiger partial charge in [-0.15, -0.1) is 0 Å². The average Bonchev–Trinajstić information content (AvgIpc) is 3.31. The molecule has 0 unspecified atom stereocenters. The number of hydrogen-bond acceptors (Lipinski definition) is 3. The van der Waals surface area contributed by atoms with Crippen LogP contribution in [0.1, 0.15) is 16.7 Å². The molecular formula is C22H18N4. The summed E-state index contributed by atoms with van der Waals surface area (Å²) < 4.78 is 2.07. The Morgan fingerprint density at radius 2 is 1.69 bits per heavy atom. The fourth-order valence-corrected chi connectivity index (χ4v) is 3.47. The minimum absolute atomic E-state index is 0.758. The molecule has 0 radical (unpaired) electrons. The van der Waals surface area contributed by atoms with Gasteiger partial charge in [-0.05, 0) is 22.6 Å². The number of aliphatic imine (C=N–C) groups is 1. The lowest BCUT2D eigenvalue weighted by Crippen LogP contribution is -2.22. The maximum atomic E-state index is 4.77. The number of rotatable bonds is 4. The molecule has 4 aromatic rings. The van der Waals surface area contributed by atoms with Crippen LogP contribution in [0.2, 0.25) is 0 Å². The molecule has 1 aromatic heterocycles. The van der Waals surface area contributed by atoms with Crippen molar-refractivity contribution in [3.05, 3.63) is 96.1 Å². The summed E-state index contributed by atoms with van der Waals surface area (Å²) in [5.74, 6) is 0.958. The van der Waals surface area contributed by atoms with E-state index in [2.05, 4.69) is 75.5 Å². The third-order valence-electron chi connectivity index (χ3n) is 4.78. The van der Waals surface area contributed by atoms with Crippen molar-refractivity contribution >= 4 is 22.3 Å². The van der Waals surface area contributed by atoms with Crippen LogP contribution < -0.4 is 5.32 Å². The van der Waals surface area contributed by atoms with E-state index < -0.39 is 0 Å². The highest BCUT2D eigenvalue weighted by atomic mass is 15.0. The minimum atomic E-state index is 0.758. The van der Waals surface area contributed by atoms with Crippen LogP contribution in [0.5, 0.6) is 0 Å². The monoisotopic (exact) mass is 338 g/mol. The zero-order chi connectivity index (χ0) is 17.3. The van der Waals surface area contributed by atoms with E-state index in [0.717, 1.165) is 24.6 Å². The average molecular weight is 338 g/mol. The molecule has 26 heavy (non-hydrogen) atoms. The predicted molar refractivity (Wildman–Crippen MR) is 105 cm³/mol. The van der Waals surface area contributed by atoms with Crippen molar-refractivity contribution in [2.24, 2.45) is 4.99 Å². The van der Waals surface area contributed by atoms with Crippen molar-refractivity contribution in [2.45, 2.75) is 13.1 Å². The molecule has 0 saturated heterocycles. The van der Waals surface area contributed by atoms with Gasteiger partial charge in [-0.2, -0.15) is 0 Å². The normalized spacial score (nSPS) is 12.4. The highest BCUT2D eigenvalue weighted by Crippen LogP contribution is 2.34. The van der Waals surface area contributed by atoms with Crippen LogP contribution in [-0.2, 0) is 13.1 Å². The van der Waals surface area contributed by atoms with Crippen molar-refractivity contribution in [3.8, 4) is 0 Å². The maximum absolute atomic E-state index is 4.77. The van der Waals surface area contributed by atoms with Crippen LogP contribution in [0.25, 0.3) is 10.8 Å². The lowest BCUT2D eigenvalue weighted by atomic mass is 10.0. The van der Waals surface area contributed by atoms with Gasteiger partial charge in [-0.3, -0.25) is 0 Å². The Labute approximate surface area is 151 Å². The van der Waals surface area contributed by atoms with Crippen molar-refractivity contribution < 1.29 is 0 Å². The van der Waals surface area contributed by atoms with Gasteiger partial charge >= 0.3 is 0 Å². The molecule has 126 valence electrons. The van der Waals surface area contributed by atoms with Crippen LogP contribution in [0.4, 0.5) is 5.69 Å². The molecule has 1 aliphatic heterocycles. The van der Waals surface area contributed by atoms with Crippen LogP contribution in [0.15, 0.2) is 84.4 Å². The Balaban J connectivity index is 1.31. The summed E-state index contributed by atoms with van der Waals surface area (Å²) in [7, 11) is 0. The summed E-state index contributed by atoms with van der Waals surface area (Å²) in [6.07, 6.45) is 5.62. The van der Waals surface area contributed by atoms with Gasteiger partial charge in [0.05, 0.1) is 12.0 Å². The molecule has 0 saturated carbocycles. The Morgan fingerprint density at radius 1 is 0.885 bits per heavy atom. The Morgan fingerprint density at radius 3 is 2.50 bits per heavy atom. The number of hydrogen-bond donors (Lipinski definition) is 1. The van der Waals surface area contributed by atoms with E-state index in [1.807, 2.05) is 12.5 Å². The number of aromatic nitrogens is 2. The van der Waals surface area contributed by atoms with Crippen LogP contribution >= 0.6 is 0 Å². The van der Waals surface area contributed by atoms with Crippen molar-refractivity contribution in [1.82, 2.24) is 14.9 Å². The summed E-state index contributed by atoms with van der Waals surface area (Å²) in [6, 6.07) is 21.3. The lowest BCUT2D eigenvalue weighted by molar-refractivity contribution is 0.796. The number of nitrogens with one attached hydrogen (secondary N) is 1. The molecule has 0 atom stereocenters. The molecule has 3 aromatic carbocycles. The van der Waals surface area contributed by atoms with Gasteiger partial charge in [0.15, 0.2) is 0 Å². The first kappa shape index (κ1) is 14.9. The number of benzene rings is 3. The molecule has 1 aliphatic rings. The molecule has 0 bridgehead atoms. The van der Waals surface area contributed by atoms with Gasteiger partial charge in [0.2, 0.25) is 0 Å². The summed E-state index contributed by atoms with van der Waals surface area (Å²) in [4.78, 5) is 8.86. The third kappa shape index (κ3) is 2.65. The minimum Gasteiger partial charge on any atom is -0.365 e. The summed E-state index contributed by atoms with van der Waals surface area (Å²) in [6.45, 7) is 1.60. The maximum Gasteiger partial charge on any atom is 0.134 e. The van der Waals surface area contributed by atoms with Crippen LogP contribution in [0, 0.1) is 0 Å². The summed E-state index contributed by atoms with van der Waals surface area (Å²) >= 11 is 0. The fourth-order valence-electron chi connectivity index (χ4n) is 3.47. The Hall–Kier alpha value is -3.40. The van der Waals surface area contributed by atoms with E-state index in [-0.39, 0.29) is 0 Å². The van der Waals surface area contributed by atoms with Crippen molar-refractivity contribution in [3.63, 3.8) is 0 Å². The predicted octanol–water partition coefficient (Wildman–Crippen LogP) is 4.27.